The normalized spacial score (nSPS) is 31.7. The molecule has 2 fully saturated rings. The smallest absolute Gasteiger partial charge is 0.0827 e. The molecule has 4 nitrogen and oxygen atoms in total. The van der Waals surface area contributed by atoms with Gasteiger partial charge >= 0.3 is 0 Å². The van der Waals surface area contributed by atoms with Gasteiger partial charge in [-0.15, -0.1) is 0 Å². The average Bonchev–Trinajstić information content (AvgIpc) is 2.66. The number of aromatic nitrogens is 2. The van der Waals surface area contributed by atoms with Gasteiger partial charge in [-0.2, -0.15) is 5.10 Å². The van der Waals surface area contributed by atoms with E-state index < -0.39 is 0 Å². The number of rotatable bonds is 2. The van der Waals surface area contributed by atoms with Crippen LogP contribution >= 0.6 is 0 Å². The lowest BCUT2D eigenvalue weighted by Crippen LogP contribution is -2.56. The van der Waals surface area contributed by atoms with Crippen LogP contribution < -0.4 is 10.2 Å². The molecular weight excluding hydrogens is 224 g/mol. The van der Waals surface area contributed by atoms with Gasteiger partial charge < -0.3 is 10.2 Å². The maximum Gasteiger partial charge on any atom is 0.0827 e. The predicted octanol–water partition coefficient (Wildman–Crippen LogP) is 1.84. The van der Waals surface area contributed by atoms with Gasteiger partial charge in [0.1, 0.15) is 0 Å². The first-order valence-electron chi connectivity index (χ1n) is 7.15. The highest BCUT2D eigenvalue weighted by Crippen LogP contribution is 2.38. The van der Waals surface area contributed by atoms with Crippen LogP contribution in [0.5, 0.6) is 0 Å². The third-order valence-corrected chi connectivity index (χ3v) is 4.65. The molecule has 0 aliphatic carbocycles. The van der Waals surface area contributed by atoms with Crippen molar-refractivity contribution in [1.82, 2.24) is 15.1 Å². The van der Waals surface area contributed by atoms with Gasteiger partial charge in [0, 0.05) is 31.4 Å². The van der Waals surface area contributed by atoms with Crippen molar-refractivity contribution in [2.45, 2.75) is 57.2 Å². The van der Waals surface area contributed by atoms with E-state index in [9.17, 15) is 0 Å². The number of aryl methyl sites for hydroxylation is 2. The summed E-state index contributed by atoms with van der Waals surface area (Å²) >= 11 is 0. The van der Waals surface area contributed by atoms with Gasteiger partial charge in [0.05, 0.1) is 11.4 Å². The van der Waals surface area contributed by atoms with Crippen LogP contribution in [0.25, 0.3) is 0 Å². The zero-order chi connectivity index (χ0) is 12.7. The molecule has 0 aromatic carbocycles. The monoisotopic (exact) mass is 248 g/mol. The summed E-state index contributed by atoms with van der Waals surface area (Å²) in [5.74, 6) is 0. The van der Waals surface area contributed by atoms with E-state index in [0.29, 0.717) is 18.1 Å². The zero-order valence-electron chi connectivity index (χ0n) is 11.7. The van der Waals surface area contributed by atoms with E-state index in [1.807, 2.05) is 11.7 Å². The van der Waals surface area contributed by atoms with Crippen molar-refractivity contribution in [3.63, 3.8) is 0 Å². The number of hydrogen-bond acceptors (Lipinski definition) is 3. The lowest BCUT2D eigenvalue weighted by Gasteiger charge is -2.50. The molecule has 3 rings (SSSR count). The molecule has 4 heteroatoms. The van der Waals surface area contributed by atoms with E-state index in [1.165, 1.54) is 43.5 Å². The fraction of sp³-hybridized carbons (Fsp3) is 0.786. The molecule has 2 unspecified atom stereocenters. The Labute approximate surface area is 109 Å². The van der Waals surface area contributed by atoms with Crippen LogP contribution in [0.3, 0.4) is 0 Å². The number of hydrogen-bond donors (Lipinski definition) is 1. The van der Waals surface area contributed by atoms with Crippen molar-refractivity contribution >= 4 is 5.69 Å². The van der Waals surface area contributed by atoms with Gasteiger partial charge in [-0.05, 0) is 46.1 Å². The third-order valence-electron chi connectivity index (χ3n) is 4.65. The Balaban J connectivity index is 1.90. The maximum absolute atomic E-state index is 4.51. The maximum atomic E-state index is 4.51. The van der Waals surface area contributed by atoms with E-state index in [2.05, 4.69) is 35.5 Å². The number of fused-ring (bicyclic) bond motifs is 2. The van der Waals surface area contributed by atoms with Crippen LogP contribution in [0.4, 0.5) is 5.69 Å². The standard InChI is InChI=1S/C14H24N4/c1-10-14(9-17(3)16-10)18-12-5-4-6-13(18)8-11(7-12)15-2/h9,11-13,15H,4-8H2,1-3H3. The van der Waals surface area contributed by atoms with E-state index in [-0.39, 0.29) is 0 Å². The first-order valence-corrected chi connectivity index (χ1v) is 7.15. The molecule has 1 N–H and O–H groups in total. The molecule has 0 spiro atoms. The summed E-state index contributed by atoms with van der Waals surface area (Å²) in [4.78, 5) is 2.67. The summed E-state index contributed by atoms with van der Waals surface area (Å²) in [5, 5.41) is 7.99. The second kappa shape index (κ2) is 4.57. The first kappa shape index (κ1) is 12.0. The van der Waals surface area contributed by atoms with Crippen molar-refractivity contribution in [2.24, 2.45) is 7.05 Å². The Hall–Kier alpha value is -1.03. The van der Waals surface area contributed by atoms with E-state index in [0.717, 1.165) is 0 Å². The summed E-state index contributed by atoms with van der Waals surface area (Å²) in [5.41, 5.74) is 2.54. The molecule has 0 amide bonds. The summed E-state index contributed by atoms with van der Waals surface area (Å²) in [6.07, 6.45) is 8.82. The van der Waals surface area contributed by atoms with E-state index in [1.54, 1.807) is 0 Å². The Morgan fingerprint density at radius 3 is 2.44 bits per heavy atom. The fourth-order valence-corrected chi connectivity index (χ4v) is 3.85. The van der Waals surface area contributed by atoms with Crippen molar-refractivity contribution in [1.29, 1.82) is 0 Å². The van der Waals surface area contributed by atoms with Crippen molar-refractivity contribution < 1.29 is 0 Å². The number of nitrogens with zero attached hydrogens (tertiary/aromatic N) is 3. The van der Waals surface area contributed by atoms with Crippen molar-refractivity contribution in [3.8, 4) is 0 Å². The molecule has 0 saturated carbocycles. The van der Waals surface area contributed by atoms with Gasteiger partial charge in [-0.1, -0.05) is 0 Å². The highest BCUT2D eigenvalue weighted by Gasteiger charge is 2.38. The molecular formula is C14H24N4. The largest absolute Gasteiger partial charge is 0.363 e. The molecule has 2 aliphatic heterocycles. The highest BCUT2D eigenvalue weighted by atomic mass is 15.3. The lowest BCUT2D eigenvalue weighted by atomic mass is 9.81. The topological polar surface area (TPSA) is 33.1 Å². The molecule has 2 saturated heterocycles. The minimum atomic E-state index is 0.702. The molecule has 2 atom stereocenters. The molecule has 3 heterocycles. The molecule has 2 aliphatic rings. The quantitative estimate of drug-likeness (QED) is 0.867. The Kier molecular flexibility index (Phi) is 3.06. The average molecular weight is 248 g/mol. The van der Waals surface area contributed by atoms with Crippen LogP contribution in [0.2, 0.25) is 0 Å². The number of anilines is 1. The summed E-state index contributed by atoms with van der Waals surface area (Å²) in [6, 6.07) is 2.12. The molecule has 2 bridgehead atoms. The molecule has 0 radical (unpaired) electrons. The Bertz CT molecular complexity index is 411. The van der Waals surface area contributed by atoms with E-state index in [4.69, 9.17) is 0 Å². The van der Waals surface area contributed by atoms with Crippen LogP contribution in [0, 0.1) is 6.92 Å². The molecule has 18 heavy (non-hydrogen) atoms. The van der Waals surface area contributed by atoms with Gasteiger partial charge in [0.2, 0.25) is 0 Å². The summed E-state index contributed by atoms with van der Waals surface area (Å²) < 4.78 is 1.95. The van der Waals surface area contributed by atoms with Crippen LogP contribution in [-0.2, 0) is 7.05 Å². The highest BCUT2D eigenvalue weighted by molar-refractivity contribution is 5.52. The van der Waals surface area contributed by atoms with Crippen molar-refractivity contribution in [2.75, 3.05) is 11.9 Å². The second-order valence-electron chi connectivity index (χ2n) is 5.88. The third kappa shape index (κ3) is 1.92. The SMILES string of the molecule is CNC1CC2CCCC(C1)N2c1cn(C)nc1C. The Morgan fingerprint density at radius 2 is 1.94 bits per heavy atom. The minimum Gasteiger partial charge on any atom is -0.363 e. The first-order chi connectivity index (χ1) is 8.69. The predicted molar refractivity (Wildman–Crippen MR) is 73.9 cm³/mol. The van der Waals surface area contributed by atoms with E-state index >= 15 is 0 Å². The lowest BCUT2D eigenvalue weighted by molar-refractivity contribution is 0.252. The second-order valence-corrected chi connectivity index (χ2v) is 5.88. The van der Waals surface area contributed by atoms with Crippen molar-refractivity contribution in [3.05, 3.63) is 11.9 Å². The van der Waals surface area contributed by atoms with Crippen LogP contribution in [0.1, 0.15) is 37.8 Å². The summed E-state index contributed by atoms with van der Waals surface area (Å²) in [7, 11) is 4.12. The molecule has 100 valence electrons. The number of nitrogens with one attached hydrogen (secondary N) is 1. The summed E-state index contributed by atoms with van der Waals surface area (Å²) in [6.45, 7) is 2.13. The molecule has 1 aromatic heterocycles. The van der Waals surface area contributed by atoms with Gasteiger partial charge in [0.25, 0.3) is 0 Å². The van der Waals surface area contributed by atoms with Gasteiger partial charge in [0.15, 0.2) is 0 Å². The van der Waals surface area contributed by atoms with Gasteiger partial charge in [-0.3, -0.25) is 4.68 Å². The zero-order valence-corrected chi connectivity index (χ0v) is 11.7. The van der Waals surface area contributed by atoms with Crippen LogP contribution in [0.15, 0.2) is 6.20 Å². The Morgan fingerprint density at radius 1 is 1.28 bits per heavy atom. The van der Waals surface area contributed by atoms with Crippen LogP contribution in [-0.4, -0.2) is 35.0 Å². The minimum absolute atomic E-state index is 0.702. The van der Waals surface area contributed by atoms with Gasteiger partial charge in [-0.25, -0.2) is 0 Å². The fourth-order valence-electron chi connectivity index (χ4n) is 3.85. The number of piperidine rings is 2. The molecule has 1 aromatic rings.